The maximum atomic E-state index is 13.1. The number of carbonyl (C=O) groups excluding carboxylic acids is 2. The molecule has 1 aromatic heterocycles. The molecule has 0 atom stereocenters. The van der Waals surface area contributed by atoms with Crippen molar-refractivity contribution in [3.63, 3.8) is 0 Å². The van der Waals surface area contributed by atoms with Crippen LogP contribution >= 0.6 is 0 Å². The van der Waals surface area contributed by atoms with Crippen LogP contribution in [-0.2, 0) is 23.1 Å². The Balaban J connectivity index is 1.61. The van der Waals surface area contributed by atoms with Gasteiger partial charge in [0, 0.05) is 7.05 Å². The SMILES string of the molecule is Cn1c(=O)c(C(=O)COC(=O)C(c2ccccc2)c2ccccc2)c(N)n(Cc2ccccc2)c1=O. The van der Waals surface area contributed by atoms with Crippen LogP contribution in [0.2, 0.25) is 0 Å². The third kappa shape index (κ3) is 5.02. The van der Waals surface area contributed by atoms with Crippen molar-refractivity contribution in [3.8, 4) is 0 Å². The van der Waals surface area contributed by atoms with Crippen molar-refractivity contribution in [2.75, 3.05) is 12.3 Å². The number of rotatable bonds is 8. The Kier molecular flexibility index (Phi) is 7.25. The Morgan fingerprint density at radius 2 is 1.33 bits per heavy atom. The van der Waals surface area contributed by atoms with Crippen LogP contribution in [0.3, 0.4) is 0 Å². The topological polar surface area (TPSA) is 113 Å². The first-order chi connectivity index (χ1) is 17.4. The van der Waals surface area contributed by atoms with Crippen molar-refractivity contribution < 1.29 is 14.3 Å². The summed E-state index contributed by atoms with van der Waals surface area (Å²) in [5.41, 5.74) is 6.43. The highest BCUT2D eigenvalue weighted by atomic mass is 16.5. The molecule has 0 aliphatic rings. The van der Waals surface area contributed by atoms with Gasteiger partial charge in [-0.2, -0.15) is 0 Å². The molecule has 8 heteroatoms. The average Bonchev–Trinajstić information content (AvgIpc) is 2.91. The highest BCUT2D eigenvalue weighted by Gasteiger charge is 2.27. The van der Waals surface area contributed by atoms with E-state index >= 15 is 0 Å². The molecular weight excluding hydrogens is 458 g/mol. The van der Waals surface area contributed by atoms with Crippen LogP contribution in [-0.4, -0.2) is 27.5 Å². The first-order valence-corrected chi connectivity index (χ1v) is 11.3. The molecule has 182 valence electrons. The monoisotopic (exact) mass is 483 g/mol. The molecule has 4 aromatic rings. The summed E-state index contributed by atoms with van der Waals surface area (Å²) >= 11 is 0. The second-order valence-corrected chi connectivity index (χ2v) is 8.26. The maximum Gasteiger partial charge on any atom is 0.332 e. The fraction of sp³-hybridized carbons (Fsp3) is 0.143. The van der Waals surface area contributed by atoms with E-state index in [1.54, 1.807) is 48.5 Å². The number of ketones is 1. The molecular formula is C28H25N3O5. The van der Waals surface area contributed by atoms with E-state index in [4.69, 9.17) is 10.5 Å². The zero-order valence-corrected chi connectivity index (χ0v) is 19.7. The summed E-state index contributed by atoms with van der Waals surface area (Å²) in [4.78, 5) is 51.7. The lowest BCUT2D eigenvalue weighted by Gasteiger charge is -2.18. The predicted molar refractivity (Wildman–Crippen MR) is 136 cm³/mol. The molecule has 2 N–H and O–H groups in total. The normalized spacial score (nSPS) is 10.8. The number of esters is 1. The summed E-state index contributed by atoms with van der Waals surface area (Å²) in [5.74, 6) is -2.46. The summed E-state index contributed by atoms with van der Waals surface area (Å²) in [7, 11) is 1.27. The molecule has 0 bridgehead atoms. The summed E-state index contributed by atoms with van der Waals surface area (Å²) < 4.78 is 7.37. The number of carbonyl (C=O) groups is 2. The van der Waals surface area contributed by atoms with Crippen LogP contribution in [0, 0.1) is 0 Å². The molecule has 0 radical (unpaired) electrons. The van der Waals surface area contributed by atoms with E-state index in [-0.39, 0.29) is 12.4 Å². The Morgan fingerprint density at radius 1 is 0.833 bits per heavy atom. The molecule has 36 heavy (non-hydrogen) atoms. The molecule has 0 fully saturated rings. The first-order valence-electron chi connectivity index (χ1n) is 11.3. The van der Waals surface area contributed by atoms with Crippen molar-refractivity contribution in [2.24, 2.45) is 7.05 Å². The second-order valence-electron chi connectivity index (χ2n) is 8.26. The number of nitrogens with two attached hydrogens (primary N) is 1. The molecule has 0 aliphatic carbocycles. The maximum absolute atomic E-state index is 13.1. The van der Waals surface area contributed by atoms with Gasteiger partial charge in [-0.05, 0) is 16.7 Å². The van der Waals surface area contributed by atoms with Crippen LogP contribution < -0.4 is 17.0 Å². The fourth-order valence-corrected chi connectivity index (χ4v) is 4.01. The van der Waals surface area contributed by atoms with Gasteiger partial charge in [-0.1, -0.05) is 91.0 Å². The lowest BCUT2D eigenvalue weighted by Crippen LogP contribution is -2.43. The average molecular weight is 484 g/mol. The van der Waals surface area contributed by atoms with Crippen molar-refractivity contribution in [1.82, 2.24) is 9.13 Å². The van der Waals surface area contributed by atoms with Gasteiger partial charge in [0.1, 0.15) is 17.3 Å². The summed E-state index contributed by atoms with van der Waals surface area (Å²) in [6.45, 7) is -0.623. The van der Waals surface area contributed by atoms with Crippen LogP contribution in [0.1, 0.15) is 33.0 Å². The van der Waals surface area contributed by atoms with Gasteiger partial charge >= 0.3 is 11.7 Å². The van der Waals surface area contributed by atoms with Crippen LogP contribution in [0.5, 0.6) is 0 Å². The Hall–Kier alpha value is -4.72. The number of aromatic nitrogens is 2. The second kappa shape index (κ2) is 10.7. The molecule has 0 aliphatic heterocycles. The van der Waals surface area contributed by atoms with Gasteiger partial charge in [0.05, 0.1) is 6.54 Å². The Bertz CT molecular complexity index is 1450. The smallest absolute Gasteiger partial charge is 0.332 e. The third-order valence-electron chi connectivity index (χ3n) is 5.89. The van der Waals surface area contributed by atoms with E-state index in [2.05, 4.69) is 0 Å². The minimum Gasteiger partial charge on any atom is -0.457 e. The van der Waals surface area contributed by atoms with Gasteiger partial charge in [-0.3, -0.25) is 23.5 Å². The number of hydrogen-bond acceptors (Lipinski definition) is 6. The Labute approximate surface area is 207 Å². The van der Waals surface area contributed by atoms with Gasteiger partial charge in [-0.25, -0.2) is 4.79 Å². The molecule has 0 spiro atoms. The van der Waals surface area contributed by atoms with Gasteiger partial charge in [-0.15, -0.1) is 0 Å². The van der Waals surface area contributed by atoms with Gasteiger partial charge < -0.3 is 10.5 Å². The minimum atomic E-state index is -0.842. The van der Waals surface area contributed by atoms with Gasteiger partial charge in [0.2, 0.25) is 5.78 Å². The number of ether oxygens (including phenoxy) is 1. The number of hydrogen-bond donors (Lipinski definition) is 1. The largest absolute Gasteiger partial charge is 0.457 e. The highest BCUT2D eigenvalue weighted by molar-refractivity contribution is 6.01. The van der Waals surface area contributed by atoms with Crippen LogP contribution in [0.25, 0.3) is 0 Å². The van der Waals surface area contributed by atoms with E-state index in [0.717, 1.165) is 14.7 Å². The van der Waals surface area contributed by atoms with E-state index in [1.165, 1.54) is 7.05 Å². The van der Waals surface area contributed by atoms with E-state index in [9.17, 15) is 19.2 Å². The van der Waals surface area contributed by atoms with E-state index < -0.39 is 41.1 Å². The molecule has 3 aromatic carbocycles. The molecule has 1 heterocycles. The minimum absolute atomic E-state index is 0.0732. The highest BCUT2D eigenvalue weighted by Crippen LogP contribution is 2.26. The predicted octanol–water partition coefficient (Wildman–Crippen LogP) is 2.74. The molecule has 0 saturated carbocycles. The van der Waals surface area contributed by atoms with Gasteiger partial charge in [0.15, 0.2) is 6.61 Å². The zero-order chi connectivity index (χ0) is 25.7. The zero-order valence-electron chi connectivity index (χ0n) is 19.7. The van der Waals surface area contributed by atoms with Crippen molar-refractivity contribution in [1.29, 1.82) is 0 Å². The van der Waals surface area contributed by atoms with E-state index in [1.807, 2.05) is 42.5 Å². The molecule has 0 saturated heterocycles. The molecule has 4 rings (SSSR count). The number of anilines is 1. The third-order valence-corrected chi connectivity index (χ3v) is 5.89. The van der Waals surface area contributed by atoms with Crippen LogP contribution in [0.15, 0.2) is 101 Å². The standard InChI is InChI=1S/C28H25N3O5/c1-30-26(33)24(25(29)31(28(30)35)17-19-11-5-2-6-12-19)22(32)18-36-27(34)23(20-13-7-3-8-14-20)21-15-9-4-10-16-21/h2-16,23H,17-18,29H2,1H3. The van der Waals surface area contributed by atoms with Crippen molar-refractivity contribution in [3.05, 3.63) is 134 Å². The quantitative estimate of drug-likeness (QED) is 0.305. The number of Topliss-reactive ketones (excluding diaryl/α,β-unsaturated/α-hetero) is 1. The van der Waals surface area contributed by atoms with Crippen LogP contribution in [0.4, 0.5) is 5.82 Å². The lowest BCUT2D eigenvalue weighted by atomic mass is 9.91. The molecule has 8 nitrogen and oxygen atoms in total. The van der Waals surface area contributed by atoms with E-state index in [0.29, 0.717) is 11.1 Å². The summed E-state index contributed by atoms with van der Waals surface area (Å²) in [6, 6.07) is 27.2. The Morgan fingerprint density at radius 3 is 1.86 bits per heavy atom. The summed E-state index contributed by atoms with van der Waals surface area (Å²) in [6.07, 6.45) is 0. The van der Waals surface area contributed by atoms with Gasteiger partial charge in [0.25, 0.3) is 5.56 Å². The summed E-state index contributed by atoms with van der Waals surface area (Å²) in [5, 5.41) is 0. The van der Waals surface area contributed by atoms with Crippen molar-refractivity contribution in [2.45, 2.75) is 12.5 Å². The number of benzene rings is 3. The lowest BCUT2D eigenvalue weighted by molar-refractivity contribution is -0.143. The van der Waals surface area contributed by atoms with Crippen molar-refractivity contribution >= 4 is 17.6 Å². The number of nitrogens with zero attached hydrogens (tertiary/aromatic N) is 2. The molecule has 0 unspecified atom stereocenters. The fourth-order valence-electron chi connectivity index (χ4n) is 4.01. The number of nitrogen functional groups attached to an aromatic ring is 1. The first kappa shape index (κ1) is 24.4. The molecule has 0 amide bonds.